The second kappa shape index (κ2) is 8.93. The van der Waals surface area contributed by atoms with Gasteiger partial charge in [0.2, 0.25) is 0 Å². The Morgan fingerprint density at radius 1 is 1.14 bits per heavy atom. The topological polar surface area (TPSA) is 61.2 Å². The van der Waals surface area contributed by atoms with E-state index in [4.69, 9.17) is 9.72 Å². The summed E-state index contributed by atoms with van der Waals surface area (Å²) in [5.74, 6) is 0.0199. The minimum Gasteiger partial charge on any atom is -0.383 e. The van der Waals surface area contributed by atoms with E-state index in [1.807, 2.05) is 64.1 Å². The van der Waals surface area contributed by atoms with Crippen molar-refractivity contribution in [2.45, 2.75) is 44.1 Å². The molecule has 152 valence electrons. The molecule has 6 heteroatoms. The van der Waals surface area contributed by atoms with Gasteiger partial charge in [-0.05, 0) is 57.0 Å². The Kier molecular flexibility index (Phi) is 6.55. The van der Waals surface area contributed by atoms with Gasteiger partial charge in [0.15, 0.2) is 10.9 Å². The molecular formula is C23H26N2O3S. The van der Waals surface area contributed by atoms with Crippen LogP contribution in [0.25, 0.3) is 10.9 Å². The van der Waals surface area contributed by atoms with Crippen molar-refractivity contribution in [1.29, 1.82) is 0 Å². The fourth-order valence-electron chi connectivity index (χ4n) is 3.25. The van der Waals surface area contributed by atoms with Crippen molar-refractivity contribution < 1.29 is 9.53 Å². The van der Waals surface area contributed by atoms with E-state index >= 15 is 0 Å². The maximum absolute atomic E-state index is 13.1. The number of aryl methyl sites for hydroxylation is 2. The third-order valence-corrected chi connectivity index (χ3v) is 6.13. The summed E-state index contributed by atoms with van der Waals surface area (Å²) in [6.45, 7) is 8.18. The zero-order valence-corrected chi connectivity index (χ0v) is 18.2. The van der Waals surface area contributed by atoms with Gasteiger partial charge in [0.25, 0.3) is 5.56 Å². The highest BCUT2D eigenvalue weighted by molar-refractivity contribution is 8.00. The van der Waals surface area contributed by atoms with Crippen molar-refractivity contribution in [1.82, 2.24) is 9.55 Å². The summed E-state index contributed by atoms with van der Waals surface area (Å²) in [4.78, 5) is 30.9. The molecule has 0 aliphatic carbocycles. The van der Waals surface area contributed by atoms with Gasteiger partial charge in [-0.3, -0.25) is 14.2 Å². The molecule has 1 aromatic heterocycles. The molecule has 0 saturated heterocycles. The van der Waals surface area contributed by atoms with Gasteiger partial charge in [-0.15, -0.1) is 0 Å². The molecule has 0 saturated carbocycles. The lowest BCUT2D eigenvalue weighted by molar-refractivity contribution is 0.0993. The van der Waals surface area contributed by atoms with Gasteiger partial charge in [-0.1, -0.05) is 36.0 Å². The average Bonchev–Trinajstić information content (AvgIpc) is 2.69. The number of para-hydroxylation sites is 1. The molecule has 3 rings (SSSR count). The van der Waals surface area contributed by atoms with Gasteiger partial charge in [-0.25, -0.2) is 4.98 Å². The number of rotatable bonds is 7. The summed E-state index contributed by atoms with van der Waals surface area (Å²) < 4.78 is 6.90. The van der Waals surface area contributed by atoms with Gasteiger partial charge in [0, 0.05) is 12.7 Å². The Morgan fingerprint density at radius 3 is 2.55 bits per heavy atom. The standard InChI is InChI=1S/C23H26N2O3S/c1-14-10-11-18(12-15(14)2)21(26)17(4)29-23-24-20-9-7-6-8-19(20)22(27)25(23)16(3)13-28-5/h6-12,16-17H,13H2,1-5H3/t16-,17+/m1/s1. The number of ether oxygens (including phenoxy) is 1. The Balaban J connectivity index is 2.01. The first-order chi connectivity index (χ1) is 13.8. The molecule has 2 atom stereocenters. The molecule has 3 aromatic rings. The lowest BCUT2D eigenvalue weighted by Crippen LogP contribution is -2.29. The Morgan fingerprint density at radius 2 is 1.86 bits per heavy atom. The summed E-state index contributed by atoms with van der Waals surface area (Å²) in [5, 5.41) is 0.710. The fraction of sp³-hybridized carbons (Fsp3) is 0.348. The SMILES string of the molecule is COC[C@@H](C)n1c(S[C@@H](C)C(=O)c2ccc(C)c(C)c2)nc2ccccc2c1=O. The number of ketones is 1. The monoisotopic (exact) mass is 410 g/mol. The number of hydrogen-bond donors (Lipinski definition) is 0. The van der Waals surface area contributed by atoms with Gasteiger partial charge in [0.1, 0.15) is 0 Å². The third-order valence-electron chi connectivity index (χ3n) is 5.07. The summed E-state index contributed by atoms with van der Waals surface area (Å²) >= 11 is 1.31. The van der Waals surface area contributed by atoms with E-state index < -0.39 is 0 Å². The molecule has 0 bridgehead atoms. The summed E-state index contributed by atoms with van der Waals surface area (Å²) in [6, 6.07) is 12.8. The van der Waals surface area contributed by atoms with Gasteiger partial charge in [0.05, 0.1) is 28.8 Å². The first-order valence-corrected chi connectivity index (χ1v) is 10.5. The highest BCUT2D eigenvalue weighted by Crippen LogP contribution is 2.27. The van der Waals surface area contributed by atoms with Crippen molar-refractivity contribution >= 4 is 28.4 Å². The number of carbonyl (C=O) groups is 1. The van der Waals surface area contributed by atoms with Crippen molar-refractivity contribution in [3.8, 4) is 0 Å². The molecule has 0 aliphatic rings. The minimum absolute atomic E-state index is 0.0199. The molecule has 0 spiro atoms. The predicted molar refractivity (Wildman–Crippen MR) is 118 cm³/mol. The molecule has 0 aliphatic heterocycles. The van der Waals surface area contributed by atoms with E-state index in [2.05, 4.69) is 0 Å². The minimum atomic E-state index is -0.383. The molecular weight excluding hydrogens is 384 g/mol. The Hall–Kier alpha value is -2.44. The van der Waals surface area contributed by atoms with Gasteiger partial charge >= 0.3 is 0 Å². The molecule has 0 fully saturated rings. The molecule has 1 heterocycles. The van der Waals surface area contributed by atoms with Crippen LogP contribution in [0.2, 0.25) is 0 Å². The summed E-state index contributed by atoms with van der Waals surface area (Å²) in [7, 11) is 1.61. The quantitative estimate of drug-likeness (QED) is 0.324. The molecule has 2 aromatic carbocycles. The number of aromatic nitrogens is 2. The maximum atomic E-state index is 13.1. The lowest BCUT2D eigenvalue weighted by Gasteiger charge is -2.20. The highest BCUT2D eigenvalue weighted by atomic mass is 32.2. The van der Waals surface area contributed by atoms with Gasteiger partial charge < -0.3 is 4.74 Å². The molecule has 0 amide bonds. The van der Waals surface area contributed by atoms with Gasteiger partial charge in [-0.2, -0.15) is 0 Å². The van der Waals surface area contributed by atoms with E-state index in [9.17, 15) is 9.59 Å². The number of methoxy groups -OCH3 is 1. The average molecular weight is 411 g/mol. The number of thioether (sulfide) groups is 1. The number of benzene rings is 2. The van der Waals surface area contributed by atoms with Crippen LogP contribution < -0.4 is 5.56 Å². The van der Waals surface area contributed by atoms with E-state index in [0.717, 1.165) is 11.1 Å². The zero-order chi connectivity index (χ0) is 21.1. The van der Waals surface area contributed by atoms with Crippen LogP contribution in [0.5, 0.6) is 0 Å². The molecule has 5 nitrogen and oxygen atoms in total. The molecule has 0 unspecified atom stereocenters. The normalized spacial score (nSPS) is 13.4. The van der Waals surface area contributed by atoms with E-state index in [-0.39, 0.29) is 22.6 Å². The number of Topliss-reactive ketones (excluding diaryl/α,β-unsaturated/α-hetero) is 1. The first-order valence-electron chi connectivity index (χ1n) is 9.61. The second-order valence-electron chi connectivity index (χ2n) is 7.31. The molecule has 0 radical (unpaired) electrons. The highest BCUT2D eigenvalue weighted by Gasteiger charge is 2.23. The van der Waals surface area contributed by atoms with Crippen LogP contribution in [0.15, 0.2) is 52.4 Å². The van der Waals surface area contributed by atoms with Crippen LogP contribution in [0.1, 0.15) is 41.4 Å². The largest absolute Gasteiger partial charge is 0.383 e. The van der Waals surface area contributed by atoms with Crippen LogP contribution in [-0.4, -0.2) is 34.3 Å². The van der Waals surface area contributed by atoms with Crippen LogP contribution in [0.3, 0.4) is 0 Å². The van der Waals surface area contributed by atoms with Crippen LogP contribution in [-0.2, 0) is 4.74 Å². The lowest BCUT2D eigenvalue weighted by atomic mass is 10.0. The summed E-state index contributed by atoms with van der Waals surface area (Å²) in [6.07, 6.45) is 0. The number of carbonyl (C=O) groups excluding carboxylic acids is 1. The van der Waals surface area contributed by atoms with Crippen molar-refractivity contribution in [2.24, 2.45) is 0 Å². The van der Waals surface area contributed by atoms with E-state index in [0.29, 0.717) is 28.2 Å². The Labute approximate surface area is 175 Å². The van der Waals surface area contributed by atoms with E-state index in [1.54, 1.807) is 17.7 Å². The van der Waals surface area contributed by atoms with Crippen molar-refractivity contribution in [3.05, 3.63) is 69.5 Å². The predicted octanol–water partition coefficient (Wildman–Crippen LogP) is 4.58. The molecule has 29 heavy (non-hydrogen) atoms. The van der Waals surface area contributed by atoms with E-state index in [1.165, 1.54) is 11.8 Å². The maximum Gasteiger partial charge on any atom is 0.262 e. The molecule has 0 N–H and O–H groups in total. The number of nitrogens with zero attached hydrogens (tertiary/aromatic N) is 2. The smallest absolute Gasteiger partial charge is 0.262 e. The fourth-order valence-corrected chi connectivity index (χ4v) is 4.34. The third kappa shape index (κ3) is 4.43. The van der Waals surface area contributed by atoms with Crippen LogP contribution in [0.4, 0.5) is 0 Å². The van der Waals surface area contributed by atoms with Crippen molar-refractivity contribution in [3.63, 3.8) is 0 Å². The summed E-state index contributed by atoms with van der Waals surface area (Å²) in [5.41, 5.74) is 3.43. The number of fused-ring (bicyclic) bond motifs is 1. The Bertz CT molecular complexity index is 1110. The number of hydrogen-bond acceptors (Lipinski definition) is 5. The second-order valence-corrected chi connectivity index (χ2v) is 8.62. The van der Waals surface area contributed by atoms with Crippen molar-refractivity contribution in [2.75, 3.05) is 13.7 Å². The van der Waals surface area contributed by atoms with Crippen LogP contribution in [0, 0.1) is 13.8 Å². The first kappa shape index (κ1) is 21.3. The zero-order valence-electron chi connectivity index (χ0n) is 17.4. The van der Waals surface area contributed by atoms with Crippen LogP contribution >= 0.6 is 11.8 Å².